The van der Waals surface area contributed by atoms with Gasteiger partial charge in [-0.15, -0.1) is 11.3 Å². The van der Waals surface area contributed by atoms with Crippen molar-refractivity contribution in [1.29, 1.82) is 0 Å². The number of thiazole rings is 1. The Morgan fingerprint density at radius 3 is 1.56 bits per heavy atom. The number of aromatic nitrogens is 3. The largest absolute Gasteiger partial charge is 0.235 e. The minimum Gasteiger partial charge on any atom is -0.235 e. The van der Waals surface area contributed by atoms with E-state index in [1.807, 2.05) is 42.5 Å². The first-order chi connectivity index (χ1) is 21.3. The van der Waals surface area contributed by atoms with Crippen molar-refractivity contribution in [2.24, 2.45) is 0 Å². The quantitative estimate of drug-likeness (QED) is 0.208. The highest BCUT2D eigenvalue weighted by atomic mass is 32.1. The van der Waals surface area contributed by atoms with Crippen molar-refractivity contribution in [2.45, 2.75) is 0 Å². The first kappa shape index (κ1) is 25.3. The van der Waals surface area contributed by atoms with Crippen LogP contribution in [0.5, 0.6) is 0 Å². The molecule has 0 saturated carbocycles. The predicted octanol–water partition coefficient (Wildman–Crippen LogP) is 10.6. The lowest BCUT2D eigenvalue weighted by molar-refractivity contribution is 1.18. The van der Waals surface area contributed by atoms with Crippen molar-refractivity contribution in [3.05, 3.63) is 152 Å². The van der Waals surface area contributed by atoms with Gasteiger partial charge in [0.2, 0.25) is 0 Å². The van der Waals surface area contributed by atoms with Gasteiger partial charge in [-0.1, -0.05) is 133 Å². The van der Waals surface area contributed by atoms with Gasteiger partial charge in [-0.05, 0) is 34.7 Å². The molecular formula is C39H25N3S. The molecule has 0 fully saturated rings. The van der Waals surface area contributed by atoms with Gasteiger partial charge in [-0.25, -0.2) is 15.0 Å². The Kier molecular flexibility index (Phi) is 6.32. The van der Waals surface area contributed by atoms with E-state index in [0.29, 0.717) is 5.82 Å². The third-order valence-electron chi connectivity index (χ3n) is 7.74. The maximum atomic E-state index is 5.07. The molecule has 2 aromatic heterocycles. The molecule has 0 aliphatic carbocycles. The van der Waals surface area contributed by atoms with Crippen LogP contribution in [-0.2, 0) is 0 Å². The standard InChI is InChI=1S/C39H25N3S/c1-4-10-28(11-5-1)34-25-35(29-12-6-2-7-13-29)41-38(40-34)30-19-16-26(17-20-30)32-21-18-27-22-23-36-37(33(27)24-32)42-39(43-36)31-14-8-3-9-15-31/h1-25H. The van der Waals surface area contributed by atoms with Crippen LogP contribution in [0.15, 0.2) is 152 Å². The van der Waals surface area contributed by atoms with E-state index < -0.39 is 0 Å². The fourth-order valence-corrected chi connectivity index (χ4v) is 6.48. The van der Waals surface area contributed by atoms with Crippen LogP contribution in [-0.4, -0.2) is 15.0 Å². The second-order valence-corrected chi connectivity index (χ2v) is 11.5. The fourth-order valence-electron chi connectivity index (χ4n) is 5.50. The Morgan fingerprint density at radius 1 is 0.395 bits per heavy atom. The van der Waals surface area contributed by atoms with Crippen LogP contribution in [0.25, 0.3) is 76.6 Å². The third-order valence-corrected chi connectivity index (χ3v) is 8.81. The van der Waals surface area contributed by atoms with Gasteiger partial charge in [0, 0.05) is 27.6 Å². The molecule has 6 aromatic carbocycles. The molecule has 0 amide bonds. The summed E-state index contributed by atoms with van der Waals surface area (Å²) in [6.45, 7) is 0. The number of nitrogens with zero attached hydrogens (tertiary/aromatic N) is 3. The van der Waals surface area contributed by atoms with E-state index in [4.69, 9.17) is 15.0 Å². The van der Waals surface area contributed by atoms with Crippen LogP contribution >= 0.6 is 11.3 Å². The second-order valence-electron chi connectivity index (χ2n) is 10.5. The maximum absolute atomic E-state index is 5.07. The molecular weight excluding hydrogens is 543 g/mol. The van der Waals surface area contributed by atoms with Crippen LogP contribution in [0.1, 0.15) is 0 Å². The third kappa shape index (κ3) is 4.88. The summed E-state index contributed by atoms with van der Waals surface area (Å²) in [4.78, 5) is 15.0. The topological polar surface area (TPSA) is 38.7 Å². The van der Waals surface area contributed by atoms with Gasteiger partial charge in [0.15, 0.2) is 5.82 Å². The normalized spacial score (nSPS) is 11.3. The molecule has 0 aliphatic heterocycles. The number of hydrogen-bond donors (Lipinski definition) is 0. The molecule has 0 atom stereocenters. The fraction of sp³-hybridized carbons (Fsp3) is 0. The molecule has 0 bridgehead atoms. The van der Waals surface area contributed by atoms with Gasteiger partial charge < -0.3 is 0 Å². The van der Waals surface area contributed by atoms with Crippen LogP contribution in [0.3, 0.4) is 0 Å². The Labute approximate surface area is 253 Å². The molecule has 8 rings (SSSR count). The summed E-state index contributed by atoms with van der Waals surface area (Å²) in [5.41, 5.74) is 9.44. The van der Waals surface area contributed by atoms with Crippen molar-refractivity contribution >= 4 is 32.3 Å². The zero-order valence-corrected chi connectivity index (χ0v) is 24.0. The van der Waals surface area contributed by atoms with Gasteiger partial charge in [-0.3, -0.25) is 0 Å². The molecule has 43 heavy (non-hydrogen) atoms. The summed E-state index contributed by atoms with van der Waals surface area (Å²) in [5.74, 6) is 0.711. The minimum atomic E-state index is 0.711. The van der Waals surface area contributed by atoms with E-state index in [1.165, 1.54) is 15.5 Å². The van der Waals surface area contributed by atoms with E-state index in [1.54, 1.807) is 11.3 Å². The van der Waals surface area contributed by atoms with Crippen molar-refractivity contribution in [2.75, 3.05) is 0 Å². The molecule has 2 heterocycles. The van der Waals surface area contributed by atoms with E-state index >= 15 is 0 Å². The van der Waals surface area contributed by atoms with E-state index in [9.17, 15) is 0 Å². The highest BCUT2D eigenvalue weighted by molar-refractivity contribution is 7.21. The zero-order valence-electron chi connectivity index (χ0n) is 23.2. The van der Waals surface area contributed by atoms with Crippen molar-refractivity contribution in [3.63, 3.8) is 0 Å². The van der Waals surface area contributed by atoms with Crippen LogP contribution in [0.4, 0.5) is 0 Å². The number of benzene rings is 6. The molecule has 0 spiro atoms. The molecule has 0 saturated heterocycles. The highest BCUT2D eigenvalue weighted by Crippen LogP contribution is 2.36. The SMILES string of the molecule is c1ccc(-c2cc(-c3ccccc3)nc(-c3ccc(-c4ccc5ccc6sc(-c7ccccc7)nc6c5c4)cc3)n2)cc1. The Hall–Kier alpha value is -5.45. The summed E-state index contributed by atoms with van der Waals surface area (Å²) in [7, 11) is 0. The smallest absolute Gasteiger partial charge is 0.160 e. The van der Waals surface area contributed by atoms with Crippen molar-refractivity contribution in [1.82, 2.24) is 15.0 Å². The maximum Gasteiger partial charge on any atom is 0.160 e. The van der Waals surface area contributed by atoms with Gasteiger partial charge >= 0.3 is 0 Å². The second kappa shape index (κ2) is 10.8. The van der Waals surface area contributed by atoms with E-state index in [2.05, 4.69) is 109 Å². The lowest BCUT2D eigenvalue weighted by Crippen LogP contribution is -1.95. The van der Waals surface area contributed by atoms with E-state index in [-0.39, 0.29) is 0 Å². The number of rotatable bonds is 5. The van der Waals surface area contributed by atoms with Crippen molar-refractivity contribution in [3.8, 4) is 55.6 Å². The molecule has 0 N–H and O–H groups in total. The molecule has 0 unspecified atom stereocenters. The summed E-state index contributed by atoms with van der Waals surface area (Å²) >= 11 is 1.74. The van der Waals surface area contributed by atoms with E-state index in [0.717, 1.165) is 55.3 Å². The summed E-state index contributed by atoms with van der Waals surface area (Å²) in [6, 6.07) is 52.6. The summed E-state index contributed by atoms with van der Waals surface area (Å²) in [5, 5.41) is 3.41. The summed E-state index contributed by atoms with van der Waals surface area (Å²) < 4.78 is 1.20. The average Bonchev–Trinajstić information content (AvgIpc) is 3.54. The van der Waals surface area contributed by atoms with Gasteiger partial charge in [0.05, 0.1) is 21.6 Å². The van der Waals surface area contributed by atoms with Crippen LogP contribution in [0, 0.1) is 0 Å². The van der Waals surface area contributed by atoms with Gasteiger partial charge in [-0.2, -0.15) is 0 Å². The van der Waals surface area contributed by atoms with Crippen LogP contribution in [0.2, 0.25) is 0 Å². The lowest BCUT2D eigenvalue weighted by Gasteiger charge is -2.10. The number of hydrogen-bond acceptors (Lipinski definition) is 4. The average molecular weight is 568 g/mol. The van der Waals surface area contributed by atoms with Crippen LogP contribution < -0.4 is 0 Å². The highest BCUT2D eigenvalue weighted by Gasteiger charge is 2.13. The van der Waals surface area contributed by atoms with Gasteiger partial charge in [0.25, 0.3) is 0 Å². The first-order valence-corrected chi connectivity index (χ1v) is 15.1. The lowest BCUT2D eigenvalue weighted by atomic mass is 9.99. The van der Waals surface area contributed by atoms with Crippen molar-refractivity contribution < 1.29 is 0 Å². The monoisotopic (exact) mass is 567 g/mol. The molecule has 0 aliphatic rings. The molecule has 4 heteroatoms. The Morgan fingerprint density at radius 2 is 0.930 bits per heavy atom. The molecule has 3 nitrogen and oxygen atoms in total. The first-order valence-electron chi connectivity index (χ1n) is 14.3. The summed E-state index contributed by atoms with van der Waals surface area (Å²) in [6.07, 6.45) is 0. The number of fused-ring (bicyclic) bond motifs is 3. The molecule has 202 valence electrons. The predicted molar refractivity (Wildman–Crippen MR) is 180 cm³/mol. The Bertz CT molecular complexity index is 2150. The minimum absolute atomic E-state index is 0.711. The Balaban J connectivity index is 1.18. The molecule has 8 aromatic rings. The molecule has 0 radical (unpaired) electrons. The zero-order chi connectivity index (χ0) is 28.6. The van der Waals surface area contributed by atoms with Gasteiger partial charge in [0.1, 0.15) is 5.01 Å².